The second kappa shape index (κ2) is 10.8. The van der Waals surface area contributed by atoms with Gasteiger partial charge in [0.05, 0.1) is 18.5 Å². The van der Waals surface area contributed by atoms with Crippen LogP contribution in [0.15, 0.2) is 59.8 Å². The zero-order valence-electron chi connectivity index (χ0n) is 20.0. The summed E-state index contributed by atoms with van der Waals surface area (Å²) in [5, 5.41) is 27.5. The van der Waals surface area contributed by atoms with Crippen LogP contribution in [0.25, 0.3) is 10.9 Å². The molecule has 0 spiro atoms. The van der Waals surface area contributed by atoms with Gasteiger partial charge in [-0.2, -0.15) is 5.10 Å². The van der Waals surface area contributed by atoms with E-state index in [1.807, 2.05) is 25.1 Å². The Bertz CT molecular complexity index is 1440. The summed E-state index contributed by atoms with van der Waals surface area (Å²) in [6.45, 7) is 3.79. The van der Waals surface area contributed by atoms with E-state index in [0.29, 0.717) is 35.3 Å². The molecule has 0 saturated heterocycles. The van der Waals surface area contributed by atoms with Crippen molar-refractivity contribution in [2.24, 2.45) is 5.10 Å². The Kier molecular flexibility index (Phi) is 7.41. The number of aromatic amines is 1. The lowest BCUT2D eigenvalue weighted by molar-refractivity contribution is 0.0942. The summed E-state index contributed by atoms with van der Waals surface area (Å²) in [7, 11) is 0. The minimum absolute atomic E-state index is 0.116. The first-order chi connectivity index (χ1) is 17.4. The number of rotatable bonds is 8. The van der Waals surface area contributed by atoms with Gasteiger partial charge in [0.1, 0.15) is 5.75 Å². The number of carbonyl (C=O) groups excluding carboxylic acids is 2. The molecule has 36 heavy (non-hydrogen) atoms. The van der Waals surface area contributed by atoms with Gasteiger partial charge in [-0.05, 0) is 56.2 Å². The molecular weight excluding hydrogens is 458 g/mol. The van der Waals surface area contributed by atoms with Crippen LogP contribution in [0.5, 0.6) is 5.75 Å². The third-order valence-corrected chi connectivity index (χ3v) is 5.98. The average molecular weight is 486 g/mol. The molecule has 184 valence electrons. The van der Waals surface area contributed by atoms with E-state index in [4.69, 9.17) is 0 Å². The van der Waals surface area contributed by atoms with E-state index in [2.05, 4.69) is 31.9 Å². The molecule has 0 saturated carbocycles. The average Bonchev–Trinajstić information content (AvgIpc) is 3.21. The number of amides is 2. The normalized spacial score (nSPS) is 11.2. The van der Waals surface area contributed by atoms with Crippen LogP contribution in [0.1, 0.15) is 48.8 Å². The molecule has 2 heterocycles. The van der Waals surface area contributed by atoms with Crippen molar-refractivity contribution in [3.63, 3.8) is 0 Å². The summed E-state index contributed by atoms with van der Waals surface area (Å²) >= 11 is 0. The first kappa shape index (κ1) is 24.6. The number of aromatic nitrogens is 2. The molecule has 2 amide bonds. The first-order valence-electron chi connectivity index (χ1n) is 11.4. The number of aryl methyl sites for hydroxylation is 2. The summed E-state index contributed by atoms with van der Waals surface area (Å²) in [4.78, 5) is 32.3. The van der Waals surface area contributed by atoms with Gasteiger partial charge in [0.25, 0.3) is 11.8 Å². The summed E-state index contributed by atoms with van der Waals surface area (Å²) in [5.74, 6) is -0.823. The van der Waals surface area contributed by atoms with Crippen molar-refractivity contribution in [2.45, 2.75) is 26.9 Å². The fraction of sp³-hybridized carbons (Fsp3) is 0.185. The lowest BCUT2D eigenvalue weighted by Crippen LogP contribution is -2.26. The molecule has 0 bridgehead atoms. The number of fused-ring (bicyclic) bond motifs is 1. The number of nitrogens with one attached hydrogen (secondary N) is 3. The van der Waals surface area contributed by atoms with E-state index in [0.717, 1.165) is 16.6 Å². The van der Waals surface area contributed by atoms with Crippen molar-refractivity contribution in [3.8, 4) is 5.75 Å². The van der Waals surface area contributed by atoms with E-state index in [1.165, 1.54) is 30.1 Å². The topological polar surface area (TPSA) is 140 Å². The van der Waals surface area contributed by atoms with E-state index < -0.39 is 5.91 Å². The maximum Gasteiger partial charge on any atom is 0.271 e. The number of nitrogens with zero attached hydrogens (tertiary/aromatic N) is 2. The van der Waals surface area contributed by atoms with Crippen molar-refractivity contribution in [1.29, 1.82) is 0 Å². The van der Waals surface area contributed by atoms with Gasteiger partial charge in [-0.25, -0.2) is 5.43 Å². The molecule has 0 fully saturated rings. The number of hydrogen-bond donors (Lipinski definition) is 5. The van der Waals surface area contributed by atoms with Gasteiger partial charge in [-0.1, -0.05) is 18.2 Å². The third-order valence-electron chi connectivity index (χ3n) is 5.98. The highest BCUT2D eigenvalue weighted by molar-refractivity contribution is 5.98. The van der Waals surface area contributed by atoms with E-state index in [-0.39, 0.29) is 23.8 Å². The summed E-state index contributed by atoms with van der Waals surface area (Å²) in [6.07, 6.45) is 3.39. The second-order valence-electron chi connectivity index (χ2n) is 8.35. The lowest BCUT2D eigenvalue weighted by Gasteiger charge is -2.08. The zero-order valence-corrected chi connectivity index (χ0v) is 20.0. The first-order valence-corrected chi connectivity index (χ1v) is 11.4. The number of aromatic hydroxyl groups is 1. The van der Waals surface area contributed by atoms with Crippen molar-refractivity contribution in [2.75, 3.05) is 6.54 Å². The van der Waals surface area contributed by atoms with E-state index in [1.54, 1.807) is 19.1 Å². The highest BCUT2D eigenvalue weighted by Gasteiger charge is 2.12. The molecule has 2 aromatic heterocycles. The van der Waals surface area contributed by atoms with Gasteiger partial charge < -0.3 is 20.5 Å². The molecular formula is C27H27N5O4. The molecule has 0 aliphatic carbocycles. The maximum atomic E-state index is 12.6. The monoisotopic (exact) mass is 485 g/mol. The van der Waals surface area contributed by atoms with Crippen LogP contribution in [0.3, 0.4) is 0 Å². The Morgan fingerprint density at radius 1 is 1.06 bits per heavy atom. The van der Waals surface area contributed by atoms with E-state index >= 15 is 0 Å². The van der Waals surface area contributed by atoms with Gasteiger partial charge >= 0.3 is 0 Å². The van der Waals surface area contributed by atoms with Crippen LogP contribution >= 0.6 is 0 Å². The van der Waals surface area contributed by atoms with Crippen molar-refractivity contribution < 1.29 is 19.8 Å². The van der Waals surface area contributed by atoms with Gasteiger partial charge in [-0.15, -0.1) is 0 Å². The van der Waals surface area contributed by atoms with E-state index in [9.17, 15) is 19.8 Å². The Balaban J connectivity index is 1.33. The molecule has 0 aliphatic rings. The van der Waals surface area contributed by atoms with Crippen LogP contribution < -0.4 is 10.7 Å². The number of aliphatic hydroxyl groups excluding tert-OH is 1. The number of carbonyl (C=O) groups is 2. The number of hydrazone groups is 1. The molecule has 2 aromatic carbocycles. The SMILES string of the molecule is Cc1ncc(CO)c(/C=N/NC(=O)c2ccc(C(=O)NCCc3c(C)[nH]c4ccccc34)cc2)c1O. The largest absolute Gasteiger partial charge is 0.505 e. The highest BCUT2D eigenvalue weighted by Crippen LogP contribution is 2.23. The van der Waals surface area contributed by atoms with Gasteiger partial charge in [0.15, 0.2) is 0 Å². The number of aliphatic hydroxyl groups is 1. The molecule has 0 radical (unpaired) electrons. The summed E-state index contributed by atoms with van der Waals surface area (Å²) < 4.78 is 0. The van der Waals surface area contributed by atoms with Crippen LogP contribution in [0.4, 0.5) is 0 Å². The van der Waals surface area contributed by atoms with Gasteiger partial charge in [0.2, 0.25) is 0 Å². The number of pyridine rings is 1. The highest BCUT2D eigenvalue weighted by atomic mass is 16.3. The number of H-pyrrole nitrogens is 1. The van der Waals surface area contributed by atoms with Crippen molar-refractivity contribution >= 4 is 28.9 Å². The predicted molar refractivity (Wildman–Crippen MR) is 137 cm³/mol. The molecule has 0 unspecified atom stereocenters. The van der Waals surface area contributed by atoms with Gasteiger partial charge in [0, 0.05) is 51.6 Å². The fourth-order valence-electron chi connectivity index (χ4n) is 3.98. The quantitative estimate of drug-likeness (QED) is 0.193. The maximum absolute atomic E-state index is 12.6. The van der Waals surface area contributed by atoms with Crippen molar-refractivity contribution in [1.82, 2.24) is 20.7 Å². The Hall–Kier alpha value is -4.50. The summed E-state index contributed by atoms with van der Waals surface area (Å²) in [6, 6.07) is 14.3. The molecule has 0 aliphatic heterocycles. The van der Waals surface area contributed by atoms with Crippen LogP contribution in [-0.2, 0) is 13.0 Å². The smallest absolute Gasteiger partial charge is 0.271 e. The standard InChI is InChI=1S/C27H27N5O4/c1-16-21(22-5-3-4-6-24(22)31-16)11-12-28-26(35)18-7-9-19(10-8-18)27(36)32-30-14-23-20(15-33)13-29-17(2)25(23)34/h3-10,13-14,31,33-34H,11-12,15H2,1-2H3,(H,28,35)(H,32,36)/b30-14+. The lowest BCUT2D eigenvalue weighted by atomic mass is 10.1. The van der Waals surface area contributed by atoms with Crippen molar-refractivity contribution in [3.05, 3.63) is 93.9 Å². The Morgan fingerprint density at radius 2 is 1.75 bits per heavy atom. The van der Waals surface area contributed by atoms with Crippen LogP contribution in [0, 0.1) is 13.8 Å². The number of para-hydroxylation sites is 1. The third kappa shape index (κ3) is 5.26. The predicted octanol–water partition coefficient (Wildman–Crippen LogP) is 3.11. The van der Waals surface area contributed by atoms with Gasteiger partial charge in [-0.3, -0.25) is 14.6 Å². The Labute approximate surface area is 207 Å². The Morgan fingerprint density at radius 3 is 2.47 bits per heavy atom. The second-order valence-corrected chi connectivity index (χ2v) is 8.35. The molecule has 0 atom stereocenters. The van der Waals surface area contributed by atoms with Crippen LogP contribution in [-0.4, -0.2) is 44.8 Å². The molecule has 9 nitrogen and oxygen atoms in total. The molecule has 4 aromatic rings. The zero-order chi connectivity index (χ0) is 25.7. The minimum atomic E-state index is -0.483. The fourth-order valence-corrected chi connectivity index (χ4v) is 3.98. The molecule has 4 rings (SSSR count). The minimum Gasteiger partial charge on any atom is -0.505 e. The van der Waals surface area contributed by atoms with Crippen LogP contribution in [0.2, 0.25) is 0 Å². The number of hydrogen-bond acceptors (Lipinski definition) is 6. The number of benzene rings is 2. The molecule has 9 heteroatoms. The molecule has 5 N–H and O–H groups in total. The summed E-state index contributed by atoms with van der Waals surface area (Å²) in [5.41, 5.74) is 7.52.